The number of fused-ring (bicyclic) bond motifs is 1. The van der Waals surface area contributed by atoms with Crippen LogP contribution in [0.15, 0.2) is 42.5 Å². The predicted octanol–water partition coefficient (Wildman–Crippen LogP) is 4.83. The van der Waals surface area contributed by atoms with Crippen LogP contribution < -0.4 is 15.0 Å². The molecule has 2 aromatic rings. The third kappa shape index (κ3) is 5.69. The van der Waals surface area contributed by atoms with Crippen LogP contribution in [0, 0.1) is 29.1 Å². The van der Waals surface area contributed by atoms with Crippen molar-refractivity contribution in [3.63, 3.8) is 0 Å². The number of hydrogen-bond donors (Lipinski definition) is 2. The van der Waals surface area contributed by atoms with Crippen LogP contribution in [0.1, 0.15) is 43.5 Å². The molecule has 0 aromatic heterocycles. The van der Waals surface area contributed by atoms with Gasteiger partial charge in [-0.15, -0.1) is 0 Å². The zero-order chi connectivity index (χ0) is 31.4. The first kappa shape index (κ1) is 31.1. The summed E-state index contributed by atoms with van der Waals surface area (Å²) in [6.07, 6.45) is -4.52. The molecule has 1 aliphatic carbocycles. The summed E-state index contributed by atoms with van der Waals surface area (Å²) in [4.78, 5) is 31.0. The van der Waals surface area contributed by atoms with Crippen molar-refractivity contribution in [2.45, 2.75) is 51.6 Å². The van der Waals surface area contributed by atoms with E-state index in [4.69, 9.17) is 9.47 Å². The number of nitrogens with zero attached hydrogens (tertiary/aromatic N) is 2. The predicted molar refractivity (Wildman–Crippen MR) is 155 cm³/mol. The molecule has 43 heavy (non-hydrogen) atoms. The number of amides is 1. The van der Waals surface area contributed by atoms with Gasteiger partial charge in [0.05, 0.1) is 31.9 Å². The Morgan fingerprint density at radius 1 is 1.09 bits per heavy atom. The molecule has 6 unspecified atom stereocenters. The number of benzene rings is 2. The molecule has 11 heteroatoms. The zero-order valence-electron chi connectivity index (χ0n) is 25.3. The fourth-order valence-corrected chi connectivity index (χ4v) is 7.27. The standard InChI is InChI=1S/C32H40F3N3O5/c1-31(2,3)25-26(36-14-17-11-12-18(32(33,34)35)13-23(17)42-6)27(19-9-7-8-10-22(19)37(4)5)38(28(25)30(40)41)29(39)24-20-15-43-16-21(20)24/h7-13,20-21,24-28,36H,14-16H2,1-6H3,(H,40,41). The molecule has 234 valence electrons. The van der Waals surface area contributed by atoms with Crippen LogP contribution >= 0.6 is 0 Å². The SMILES string of the molecule is COc1cc(C(F)(F)F)ccc1CNC1C(c2ccccc2N(C)C)N(C(=O)C2C3COCC32)C(C(=O)O)C1C(C)(C)C. The number of likely N-dealkylation sites (tertiary alicyclic amines) is 1. The maximum atomic E-state index is 14.4. The highest BCUT2D eigenvalue weighted by Crippen LogP contribution is 2.56. The Bertz CT molecular complexity index is 1360. The molecular weight excluding hydrogens is 563 g/mol. The second-order valence-electron chi connectivity index (χ2n) is 13.1. The van der Waals surface area contributed by atoms with Crippen molar-refractivity contribution in [3.05, 3.63) is 59.2 Å². The van der Waals surface area contributed by atoms with Crippen LogP contribution in [0.2, 0.25) is 0 Å². The molecule has 2 saturated heterocycles. The highest BCUT2D eigenvalue weighted by molar-refractivity contribution is 5.89. The molecule has 8 nitrogen and oxygen atoms in total. The first-order valence-electron chi connectivity index (χ1n) is 14.5. The molecule has 3 fully saturated rings. The lowest BCUT2D eigenvalue weighted by Gasteiger charge is -2.36. The summed E-state index contributed by atoms with van der Waals surface area (Å²) in [6, 6.07) is 8.67. The molecule has 2 aromatic carbocycles. The Hall–Kier alpha value is -3.31. The van der Waals surface area contributed by atoms with Gasteiger partial charge in [0.1, 0.15) is 11.8 Å². The molecule has 2 N–H and O–H groups in total. The number of carboxylic acids is 1. The highest BCUT2D eigenvalue weighted by atomic mass is 19.4. The number of hydrogen-bond acceptors (Lipinski definition) is 6. The Kier molecular flexibility index (Phi) is 8.19. The molecule has 2 heterocycles. The molecule has 1 saturated carbocycles. The van der Waals surface area contributed by atoms with Gasteiger partial charge in [0.15, 0.2) is 0 Å². The number of carbonyl (C=O) groups excluding carboxylic acids is 1. The van der Waals surface area contributed by atoms with E-state index in [1.54, 1.807) is 4.90 Å². The van der Waals surface area contributed by atoms with Gasteiger partial charge in [-0.1, -0.05) is 45.0 Å². The summed E-state index contributed by atoms with van der Waals surface area (Å²) in [5.74, 6) is -1.85. The number of nitrogens with one attached hydrogen (secondary N) is 1. The van der Waals surface area contributed by atoms with Gasteiger partial charge in [-0.3, -0.25) is 4.79 Å². The van der Waals surface area contributed by atoms with Gasteiger partial charge in [0, 0.05) is 49.8 Å². The summed E-state index contributed by atoms with van der Waals surface area (Å²) < 4.78 is 51.1. The van der Waals surface area contributed by atoms with E-state index >= 15 is 0 Å². The van der Waals surface area contributed by atoms with Crippen molar-refractivity contribution in [3.8, 4) is 5.75 Å². The summed E-state index contributed by atoms with van der Waals surface area (Å²) >= 11 is 0. The van der Waals surface area contributed by atoms with Gasteiger partial charge in [-0.25, -0.2) is 4.79 Å². The molecule has 3 aliphatic rings. The van der Waals surface area contributed by atoms with Crippen LogP contribution in [0.3, 0.4) is 0 Å². The van der Waals surface area contributed by atoms with E-state index in [0.29, 0.717) is 18.8 Å². The Morgan fingerprint density at radius 2 is 1.74 bits per heavy atom. The van der Waals surface area contributed by atoms with Crippen molar-refractivity contribution >= 4 is 17.6 Å². The van der Waals surface area contributed by atoms with E-state index < -0.39 is 47.2 Å². The average Bonchev–Trinajstić information content (AvgIpc) is 3.25. The maximum Gasteiger partial charge on any atom is 0.416 e. The van der Waals surface area contributed by atoms with Gasteiger partial charge < -0.3 is 29.7 Å². The molecule has 0 spiro atoms. The summed E-state index contributed by atoms with van der Waals surface area (Å²) in [5, 5.41) is 14.2. The van der Waals surface area contributed by atoms with Crippen LogP contribution in [0.25, 0.3) is 0 Å². The number of aliphatic carboxylic acids is 1. The third-order valence-electron chi connectivity index (χ3n) is 9.29. The number of anilines is 1. The van der Waals surface area contributed by atoms with E-state index in [9.17, 15) is 27.9 Å². The molecule has 1 amide bonds. The smallest absolute Gasteiger partial charge is 0.416 e. The van der Waals surface area contributed by atoms with Crippen molar-refractivity contribution in [1.29, 1.82) is 0 Å². The summed E-state index contributed by atoms with van der Waals surface area (Å²) in [5.41, 5.74) is 0.766. The van der Waals surface area contributed by atoms with Crippen molar-refractivity contribution < 1.29 is 37.3 Å². The van der Waals surface area contributed by atoms with E-state index in [2.05, 4.69) is 5.32 Å². The van der Waals surface area contributed by atoms with Crippen LogP contribution in [-0.4, -0.2) is 68.4 Å². The van der Waals surface area contributed by atoms with Crippen molar-refractivity contribution in [1.82, 2.24) is 10.2 Å². The molecule has 2 aliphatic heterocycles. The Balaban J connectivity index is 1.61. The molecular formula is C32H40F3N3O5. The number of halogens is 3. The summed E-state index contributed by atoms with van der Waals surface area (Å²) in [6.45, 7) is 6.97. The first-order chi connectivity index (χ1) is 20.2. The van der Waals surface area contributed by atoms with Gasteiger partial charge in [-0.2, -0.15) is 13.2 Å². The Morgan fingerprint density at radius 3 is 2.30 bits per heavy atom. The number of rotatable bonds is 8. The van der Waals surface area contributed by atoms with E-state index in [1.807, 2.05) is 64.0 Å². The average molecular weight is 604 g/mol. The van der Waals surface area contributed by atoms with Gasteiger partial charge >= 0.3 is 12.1 Å². The van der Waals surface area contributed by atoms with Crippen molar-refractivity contribution in [2.24, 2.45) is 29.1 Å². The van der Waals surface area contributed by atoms with Crippen molar-refractivity contribution in [2.75, 3.05) is 39.3 Å². The van der Waals surface area contributed by atoms with E-state index in [-0.39, 0.29) is 36.0 Å². The largest absolute Gasteiger partial charge is 0.496 e. The lowest BCUT2D eigenvalue weighted by atomic mass is 9.72. The number of ether oxygens (including phenoxy) is 2. The lowest BCUT2D eigenvalue weighted by Crippen LogP contribution is -2.48. The second kappa shape index (κ2) is 11.3. The van der Waals surface area contributed by atoms with Gasteiger partial charge in [0.2, 0.25) is 5.91 Å². The normalized spacial score (nSPS) is 28.5. The third-order valence-corrected chi connectivity index (χ3v) is 9.29. The lowest BCUT2D eigenvalue weighted by molar-refractivity contribution is -0.153. The fourth-order valence-electron chi connectivity index (χ4n) is 7.27. The van der Waals surface area contributed by atoms with Crippen LogP contribution in [-0.2, 0) is 27.0 Å². The van der Waals surface area contributed by atoms with Crippen LogP contribution in [0.4, 0.5) is 18.9 Å². The molecule has 0 radical (unpaired) electrons. The van der Waals surface area contributed by atoms with Gasteiger partial charge in [-0.05, 0) is 41.0 Å². The number of alkyl halides is 3. The monoisotopic (exact) mass is 603 g/mol. The molecule has 5 rings (SSSR count). The van der Waals surface area contributed by atoms with E-state index in [0.717, 1.165) is 23.4 Å². The Labute approximate surface area is 250 Å². The number of methoxy groups -OCH3 is 1. The number of para-hydroxylation sites is 1. The minimum Gasteiger partial charge on any atom is -0.496 e. The first-order valence-corrected chi connectivity index (χ1v) is 14.5. The fraction of sp³-hybridized carbons (Fsp3) is 0.562. The van der Waals surface area contributed by atoms with Gasteiger partial charge in [0.25, 0.3) is 0 Å². The summed E-state index contributed by atoms with van der Waals surface area (Å²) in [7, 11) is 5.11. The zero-order valence-corrected chi connectivity index (χ0v) is 25.3. The minimum absolute atomic E-state index is 0.0754. The quantitative estimate of drug-likeness (QED) is 0.447. The topological polar surface area (TPSA) is 91.3 Å². The number of carboxylic acid groups (broad SMARTS) is 1. The van der Waals surface area contributed by atoms with E-state index in [1.165, 1.54) is 13.2 Å². The second-order valence-corrected chi connectivity index (χ2v) is 13.1. The highest BCUT2D eigenvalue weighted by Gasteiger charge is 2.65. The minimum atomic E-state index is -4.52. The van der Waals surface area contributed by atoms with Crippen LogP contribution in [0.5, 0.6) is 5.75 Å². The molecule has 6 atom stereocenters. The number of carbonyl (C=O) groups is 2. The maximum absolute atomic E-state index is 14.4. The molecule has 0 bridgehead atoms.